The van der Waals surface area contributed by atoms with Gasteiger partial charge in [-0.05, 0) is 47.5 Å². The standard InChI is InChI=1S/C14H16N2O2S/c1-2-18-14(17)12-7-11(15)3-4-13(12)16-8-10-5-6-19-9-10/h3-7,9,16H,2,8,15H2,1H3. The molecule has 0 unspecified atom stereocenters. The van der Waals surface area contributed by atoms with E-state index in [-0.39, 0.29) is 5.97 Å². The van der Waals surface area contributed by atoms with Gasteiger partial charge in [0.25, 0.3) is 0 Å². The molecule has 0 aliphatic heterocycles. The number of thiophene rings is 1. The van der Waals surface area contributed by atoms with Gasteiger partial charge in [0.1, 0.15) is 0 Å². The molecule has 3 N–H and O–H groups in total. The fourth-order valence-electron chi connectivity index (χ4n) is 1.68. The Morgan fingerprint density at radius 1 is 1.42 bits per heavy atom. The number of nitrogens with one attached hydrogen (secondary N) is 1. The summed E-state index contributed by atoms with van der Waals surface area (Å²) in [5.74, 6) is -0.359. The predicted molar refractivity (Wildman–Crippen MR) is 78.5 cm³/mol. The number of esters is 1. The molecule has 2 aromatic rings. The number of carbonyl (C=O) groups excluding carboxylic acids is 1. The van der Waals surface area contributed by atoms with Gasteiger partial charge in [0.15, 0.2) is 0 Å². The van der Waals surface area contributed by atoms with Crippen LogP contribution >= 0.6 is 11.3 Å². The van der Waals surface area contributed by atoms with E-state index in [0.717, 1.165) is 5.69 Å². The molecule has 0 aliphatic carbocycles. The van der Waals surface area contributed by atoms with Gasteiger partial charge in [-0.15, -0.1) is 0 Å². The first-order valence-corrected chi connectivity index (χ1v) is 6.96. The molecule has 0 saturated heterocycles. The number of nitrogens with two attached hydrogens (primary N) is 1. The Morgan fingerprint density at radius 2 is 2.26 bits per heavy atom. The maximum atomic E-state index is 11.9. The lowest BCUT2D eigenvalue weighted by Gasteiger charge is -2.11. The first-order valence-electron chi connectivity index (χ1n) is 6.02. The first kappa shape index (κ1) is 13.4. The Kier molecular flexibility index (Phi) is 4.41. The van der Waals surface area contributed by atoms with Crippen molar-refractivity contribution in [1.82, 2.24) is 0 Å². The Hall–Kier alpha value is -2.01. The SMILES string of the molecule is CCOC(=O)c1cc(N)ccc1NCc1ccsc1. The number of hydrogen-bond donors (Lipinski definition) is 2. The van der Waals surface area contributed by atoms with Crippen LogP contribution < -0.4 is 11.1 Å². The van der Waals surface area contributed by atoms with Crippen LogP contribution in [0.1, 0.15) is 22.8 Å². The minimum Gasteiger partial charge on any atom is -0.462 e. The molecule has 1 heterocycles. The molecule has 19 heavy (non-hydrogen) atoms. The van der Waals surface area contributed by atoms with Crippen LogP contribution in [0.3, 0.4) is 0 Å². The number of ether oxygens (including phenoxy) is 1. The second-order valence-corrected chi connectivity index (χ2v) is 4.79. The third-order valence-electron chi connectivity index (χ3n) is 2.60. The van der Waals surface area contributed by atoms with E-state index in [4.69, 9.17) is 10.5 Å². The Labute approximate surface area is 116 Å². The van der Waals surface area contributed by atoms with Crippen molar-refractivity contribution < 1.29 is 9.53 Å². The molecule has 1 aromatic carbocycles. The summed E-state index contributed by atoms with van der Waals surface area (Å²) in [7, 11) is 0. The zero-order valence-corrected chi connectivity index (χ0v) is 11.5. The molecule has 0 amide bonds. The third-order valence-corrected chi connectivity index (χ3v) is 3.33. The molecule has 0 spiro atoms. The molecule has 0 fully saturated rings. The Bertz CT molecular complexity index is 553. The summed E-state index contributed by atoms with van der Waals surface area (Å²) in [4.78, 5) is 11.9. The molecule has 5 heteroatoms. The summed E-state index contributed by atoms with van der Waals surface area (Å²) in [5, 5.41) is 7.32. The zero-order chi connectivity index (χ0) is 13.7. The maximum absolute atomic E-state index is 11.9. The number of carbonyl (C=O) groups is 1. The number of hydrogen-bond acceptors (Lipinski definition) is 5. The largest absolute Gasteiger partial charge is 0.462 e. The van der Waals surface area contributed by atoms with Gasteiger partial charge in [-0.25, -0.2) is 4.79 Å². The highest BCUT2D eigenvalue weighted by atomic mass is 32.1. The first-order chi connectivity index (χ1) is 9.20. The second-order valence-electron chi connectivity index (χ2n) is 4.01. The molecule has 2 rings (SSSR count). The topological polar surface area (TPSA) is 64.3 Å². The third kappa shape index (κ3) is 3.48. The number of benzene rings is 1. The Balaban J connectivity index is 2.16. The van der Waals surface area contributed by atoms with Crippen LogP contribution in [0.5, 0.6) is 0 Å². The normalized spacial score (nSPS) is 10.2. The lowest BCUT2D eigenvalue weighted by atomic mass is 10.1. The average Bonchev–Trinajstić information content (AvgIpc) is 2.90. The van der Waals surface area contributed by atoms with Gasteiger partial charge in [-0.3, -0.25) is 0 Å². The van der Waals surface area contributed by atoms with E-state index in [1.54, 1.807) is 36.5 Å². The van der Waals surface area contributed by atoms with E-state index < -0.39 is 0 Å². The van der Waals surface area contributed by atoms with Crippen molar-refractivity contribution in [2.75, 3.05) is 17.7 Å². The van der Waals surface area contributed by atoms with Gasteiger partial charge in [0.05, 0.1) is 12.2 Å². The molecular weight excluding hydrogens is 260 g/mol. The van der Waals surface area contributed by atoms with Crippen LogP contribution in [0.25, 0.3) is 0 Å². The number of rotatable bonds is 5. The van der Waals surface area contributed by atoms with Gasteiger partial charge in [0.2, 0.25) is 0 Å². The number of nitrogen functional groups attached to an aromatic ring is 1. The monoisotopic (exact) mass is 276 g/mol. The quantitative estimate of drug-likeness (QED) is 0.650. The van der Waals surface area contributed by atoms with Gasteiger partial charge in [0, 0.05) is 17.9 Å². The van der Waals surface area contributed by atoms with Crippen molar-refractivity contribution in [2.24, 2.45) is 0 Å². The minimum atomic E-state index is -0.359. The summed E-state index contributed by atoms with van der Waals surface area (Å²) in [6.07, 6.45) is 0. The molecule has 4 nitrogen and oxygen atoms in total. The highest BCUT2D eigenvalue weighted by Gasteiger charge is 2.12. The molecular formula is C14H16N2O2S. The van der Waals surface area contributed by atoms with E-state index >= 15 is 0 Å². The fraction of sp³-hybridized carbons (Fsp3) is 0.214. The highest BCUT2D eigenvalue weighted by Crippen LogP contribution is 2.21. The lowest BCUT2D eigenvalue weighted by molar-refractivity contribution is 0.0527. The van der Waals surface area contributed by atoms with Crippen molar-refractivity contribution in [3.8, 4) is 0 Å². The summed E-state index contributed by atoms with van der Waals surface area (Å²) in [6, 6.07) is 7.24. The van der Waals surface area contributed by atoms with Gasteiger partial charge < -0.3 is 15.8 Å². The van der Waals surface area contributed by atoms with Crippen LogP contribution in [0.4, 0.5) is 11.4 Å². The van der Waals surface area contributed by atoms with Gasteiger partial charge in [-0.2, -0.15) is 11.3 Å². The van der Waals surface area contributed by atoms with Crippen LogP contribution in [-0.2, 0) is 11.3 Å². The van der Waals surface area contributed by atoms with Crippen molar-refractivity contribution >= 4 is 28.7 Å². The second kappa shape index (κ2) is 6.24. The van der Waals surface area contributed by atoms with E-state index in [0.29, 0.717) is 24.4 Å². The van der Waals surface area contributed by atoms with Gasteiger partial charge >= 0.3 is 5.97 Å². The molecule has 1 aromatic heterocycles. The lowest BCUT2D eigenvalue weighted by Crippen LogP contribution is -2.10. The summed E-state index contributed by atoms with van der Waals surface area (Å²) in [6.45, 7) is 2.79. The van der Waals surface area contributed by atoms with Crippen molar-refractivity contribution in [3.63, 3.8) is 0 Å². The minimum absolute atomic E-state index is 0.345. The highest BCUT2D eigenvalue weighted by molar-refractivity contribution is 7.07. The molecule has 0 atom stereocenters. The van der Waals surface area contributed by atoms with Crippen molar-refractivity contribution in [1.29, 1.82) is 0 Å². The van der Waals surface area contributed by atoms with E-state index in [9.17, 15) is 4.79 Å². The van der Waals surface area contributed by atoms with E-state index in [1.807, 2.05) is 11.4 Å². The average molecular weight is 276 g/mol. The zero-order valence-electron chi connectivity index (χ0n) is 10.7. The van der Waals surface area contributed by atoms with Crippen LogP contribution in [0.15, 0.2) is 35.0 Å². The molecule has 0 radical (unpaired) electrons. The maximum Gasteiger partial charge on any atom is 0.340 e. The predicted octanol–water partition coefficient (Wildman–Crippen LogP) is 3.12. The fourth-order valence-corrected chi connectivity index (χ4v) is 2.35. The molecule has 0 saturated carbocycles. The van der Waals surface area contributed by atoms with Gasteiger partial charge in [-0.1, -0.05) is 0 Å². The van der Waals surface area contributed by atoms with Crippen LogP contribution in [0, 0.1) is 0 Å². The number of anilines is 2. The summed E-state index contributed by atoms with van der Waals surface area (Å²) < 4.78 is 5.03. The molecule has 100 valence electrons. The van der Waals surface area contributed by atoms with E-state index in [2.05, 4.69) is 10.7 Å². The summed E-state index contributed by atoms with van der Waals surface area (Å²) >= 11 is 1.64. The van der Waals surface area contributed by atoms with Crippen LogP contribution in [-0.4, -0.2) is 12.6 Å². The molecule has 0 bridgehead atoms. The van der Waals surface area contributed by atoms with Crippen molar-refractivity contribution in [2.45, 2.75) is 13.5 Å². The summed E-state index contributed by atoms with van der Waals surface area (Å²) in [5.41, 5.74) is 8.65. The van der Waals surface area contributed by atoms with Crippen molar-refractivity contribution in [3.05, 3.63) is 46.2 Å². The smallest absolute Gasteiger partial charge is 0.340 e. The van der Waals surface area contributed by atoms with Crippen LogP contribution in [0.2, 0.25) is 0 Å². The van der Waals surface area contributed by atoms with E-state index in [1.165, 1.54) is 5.56 Å². The molecule has 0 aliphatic rings. The Morgan fingerprint density at radius 3 is 2.95 bits per heavy atom.